The molecule has 0 amide bonds. The van der Waals surface area contributed by atoms with E-state index in [1.165, 1.54) is 11.3 Å². The van der Waals surface area contributed by atoms with Gasteiger partial charge in [0.25, 0.3) is 0 Å². The average Bonchev–Trinajstić information content (AvgIpc) is 3.20. The fraction of sp³-hybridized carbons (Fsp3) is 0.381. The number of β-amino-alcohol motifs (C(OH)–C–C–N with tert-alkyl or cyclic N) is 1. The maximum Gasteiger partial charge on any atom is 0.195 e. The van der Waals surface area contributed by atoms with E-state index >= 15 is 0 Å². The van der Waals surface area contributed by atoms with Crippen LogP contribution in [0.1, 0.15) is 12.0 Å². The second-order valence-corrected chi connectivity index (χ2v) is 6.95. The first-order valence-corrected chi connectivity index (χ1v) is 9.57. The minimum atomic E-state index is -0.548. The van der Waals surface area contributed by atoms with Crippen LogP contribution in [-0.2, 0) is 6.42 Å². The number of nitrogens with zero attached hydrogens (tertiary/aromatic N) is 2. The van der Waals surface area contributed by atoms with Gasteiger partial charge in [-0.3, -0.25) is 4.99 Å². The highest BCUT2D eigenvalue weighted by atomic mass is 16.5. The third-order valence-electron chi connectivity index (χ3n) is 4.85. The minimum Gasteiger partial charge on any atom is -0.491 e. The van der Waals surface area contributed by atoms with Crippen molar-refractivity contribution >= 4 is 17.3 Å². The summed E-state index contributed by atoms with van der Waals surface area (Å²) in [5, 5.41) is 16.9. The number of hydrogen-bond acceptors (Lipinski definition) is 6. The van der Waals surface area contributed by atoms with E-state index in [4.69, 9.17) is 4.74 Å². The predicted octanol–water partition coefficient (Wildman–Crippen LogP) is 2.25. The molecule has 2 heterocycles. The first-order valence-electron chi connectivity index (χ1n) is 9.57. The second kappa shape index (κ2) is 8.31. The number of aliphatic hydroxyl groups excluding tert-OH is 1. The highest BCUT2D eigenvalue weighted by Gasteiger charge is 2.19. The lowest BCUT2D eigenvalue weighted by molar-refractivity contribution is 0.112. The third kappa shape index (κ3) is 4.52. The SMILES string of the molecule is OC(COc1cccc(NC2=NCCN2)c1)CN1CCCc2ccccc21. The topological polar surface area (TPSA) is 69.1 Å². The molecule has 1 atom stereocenters. The second-order valence-electron chi connectivity index (χ2n) is 6.95. The van der Waals surface area contributed by atoms with Crippen LogP contribution in [0.3, 0.4) is 0 Å². The number of guanidine groups is 1. The molecule has 2 aromatic rings. The molecule has 2 aliphatic rings. The molecule has 0 fully saturated rings. The van der Waals surface area contributed by atoms with Crippen LogP contribution < -0.4 is 20.3 Å². The minimum absolute atomic E-state index is 0.265. The number of rotatable bonds is 6. The Hall–Kier alpha value is -2.73. The van der Waals surface area contributed by atoms with E-state index in [1.807, 2.05) is 24.3 Å². The Morgan fingerprint density at radius 2 is 2.15 bits per heavy atom. The number of fused-ring (bicyclic) bond motifs is 1. The largest absolute Gasteiger partial charge is 0.491 e. The molecular weight excluding hydrogens is 340 g/mol. The van der Waals surface area contributed by atoms with E-state index < -0.39 is 6.10 Å². The van der Waals surface area contributed by atoms with Gasteiger partial charge in [-0.2, -0.15) is 0 Å². The maximum atomic E-state index is 10.5. The molecule has 4 rings (SSSR count). The van der Waals surface area contributed by atoms with Gasteiger partial charge in [-0.05, 0) is 36.6 Å². The van der Waals surface area contributed by atoms with E-state index in [0.717, 1.165) is 49.9 Å². The van der Waals surface area contributed by atoms with Gasteiger partial charge in [0.1, 0.15) is 18.5 Å². The van der Waals surface area contributed by atoms with E-state index in [1.54, 1.807) is 0 Å². The van der Waals surface area contributed by atoms with E-state index in [2.05, 4.69) is 44.8 Å². The van der Waals surface area contributed by atoms with Gasteiger partial charge in [-0.1, -0.05) is 24.3 Å². The molecule has 6 nitrogen and oxygen atoms in total. The van der Waals surface area contributed by atoms with Gasteiger partial charge in [0.15, 0.2) is 5.96 Å². The predicted molar refractivity (Wildman–Crippen MR) is 109 cm³/mol. The molecule has 0 saturated heterocycles. The summed E-state index contributed by atoms with van der Waals surface area (Å²) in [5.74, 6) is 1.52. The van der Waals surface area contributed by atoms with Crippen molar-refractivity contribution in [3.63, 3.8) is 0 Å². The number of hydrogen-bond donors (Lipinski definition) is 3. The lowest BCUT2D eigenvalue weighted by atomic mass is 10.0. The van der Waals surface area contributed by atoms with Crippen LogP contribution in [0.4, 0.5) is 11.4 Å². The number of anilines is 2. The first-order chi connectivity index (χ1) is 13.3. The molecule has 0 aliphatic carbocycles. The van der Waals surface area contributed by atoms with Gasteiger partial charge in [0.05, 0.1) is 6.54 Å². The highest BCUT2D eigenvalue weighted by Crippen LogP contribution is 2.26. The summed E-state index contributed by atoms with van der Waals surface area (Å²) < 4.78 is 5.83. The molecular formula is C21H26N4O2. The first kappa shape index (κ1) is 17.7. The number of benzene rings is 2. The van der Waals surface area contributed by atoms with E-state index in [9.17, 15) is 5.11 Å². The van der Waals surface area contributed by atoms with Crippen molar-refractivity contribution in [2.24, 2.45) is 4.99 Å². The van der Waals surface area contributed by atoms with Crippen molar-refractivity contribution in [3.05, 3.63) is 54.1 Å². The summed E-state index contributed by atoms with van der Waals surface area (Å²) in [4.78, 5) is 6.59. The van der Waals surface area contributed by atoms with Gasteiger partial charge in [0.2, 0.25) is 0 Å². The van der Waals surface area contributed by atoms with Crippen LogP contribution in [0.2, 0.25) is 0 Å². The van der Waals surface area contributed by atoms with Gasteiger partial charge < -0.3 is 25.4 Å². The number of nitrogens with one attached hydrogen (secondary N) is 2. The quantitative estimate of drug-likeness (QED) is 0.732. The fourth-order valence-corrected chi connectivity index (χ4v) is 3.58. The molecule has 0 spiro atoms. The Labute approximate surface area is 159 Å². The fourth-order valence-electron chi connectivity index (χ4n) is 3.58. The molecule has 0 bridgehead atoms. The van der Waals surface area contributed by atoms with Gasteiger partial charge in [0, 0.05) is 37.1 Å². The molecule has 3 N–H and O–H groups in total. The van der Waals surface area contributed by atoms with Crippen molar-refractivity contribution in [3.8, 4) is 5.75 Å². The zero-order chi connectivity index (χ0) is 18.5. The number of aryl methyl sites for hydroxylation is 1. The van der Waals surface area contributed by atoms with Crippen molar-refractivity contribution in [1.82, 2.24) is 5.32 Å². The molecule has 0 aromatic heterocycles. The van der Waals surface area contributed by atoms with Crippen LogP contribution in [0.15, 0.2) is 53.5 Å². The van der Waals surface area contributed by atoms with Crippen molar-refractivity contribution in [2.45, 2.75) is 18.9 Å². The number of aliphatic imine (C=N–C) groups is 1. The summed E-state index contributed by atoms with van der Waals surface area (Å²) in [7, 11) is 0. The average molecular weight is 366 g/mol. The Morgan fingerprint density at radius 1 is 1.22 bits per heavy atom. The summed E-state index contributed by atoms with van der Waals surface area (Å²) >= 11 is 0. The van der Waals surface area contributed by atoms with Crippen molar-refractivity contribution < 1.29 is 9.84 Å². The smallest absolute Gasteiger partial charge is 0.195 e. The normalized spacial score (nSPS) is 16.9. The van der Waals surface area contributed by atoms with Gasteiger partial charge >= 0.3 is 0 Å². The Morgan fingerprint density at radius 3 is 3.04 bits per heavy atom. The Bertz CT molecular complexity index is 808. The number of para-hydroxylation sites is 1. The van der Waals surface area contributed by atoms with Crippen LogP contribution in [0.25, 0.3) is 0 Å². The zero-order valence-corrected chi connectivity index (χ0v) is 15.4. The third-order valence-corrected chi connectivity index (χ3v) is 4.85. The van der Waals surface area contributed by atoms with Crippen molar-refractivity contribution in [2.75, 3.05) is 43.0 Å². The number of ether oxygens (including phenoxy) is 1. The monoisotopic (exact) mass is 366 g/mol. The highest BCUT2D eigenvalue weighted by molar-refractivity contribution is 5.94. The van der Waals surface area contributed by atoms with Crippen LogP contribution in [0, 0.1) is 0 Å². The molecule has 6 heteroatoms. The van der Waals surface area contributed by atoms with Gasteiger partial charge in [-0.25, -0.2) is 0 Å². The van der Waals surface area contributed by atoms with Crippen molar-refractivity contribution in [1.29, 1.82) is 0 Å². The zero-order valence-electron chi connectivity index (χ0n) is 15.4. The molecule has 2 aromatic carbocycles. The Kier molecular flexibility index (Phi) is 5.44. The molecule has 142 valence electrons. The molecule has 27 heavy (non-hydrogen) atoms. The van der Waals surface area contributed by atoms with Crippen LogP contribution in [0.5, 0.6) is 5.75 Å². The van der Waals surface area contributed by atoms with Crippen LogP contribution >= 0.6 is 0 Å². The number of aliphatic hydroxyl groups is 1. The maximum absolute atomic E-state index is 10.5. The van der Waals surface area contributed by atoms with Crippen LogP contribution in [-0.4, -0.2) is 50.0 Å². The van der Waals surface area contributed by atoms with E-state index in [0.29, 0.717) is 6.54 Å². The summed E-state index contributed by atoms with van der Waals surface area (Å²) in [5.41, 5.74) is 3.51. The molecule has 0 saturated carbocycles. The lowest BCUT2D eigenvalue weighted by Gasteiger charge is -2.32. The summed E-state index contributed by atoms with van der Waals surface area (Å²) in [6.07, 6.45) is 1.68. The summed E-state index contributed by atoms with van der Waals surface area (Å²) in [6.45, 7) is 3.48. The standard InChI is InChI=1S/C21H26N4O2/c26-18(14-25-12-4-6-16-5-1-2-9-20(16)25)15-27-19-8-3-7-17(13-19)24-21-22-10-11-23-21/h1-3,5,7-9,13,18,26H,4,6,10-12,14-15H2,(H2,22,23,24). The van der Waals surface area contributed by atoms with Gasteiger partial charge in [-0.15, -0.1) is 0 Å². The lowest BCUT2D eigenvalue weighted by Crippen LogP contribution is -2.38. The molecule has 0 radical (unpaired) electrons. The van der Waals surface area contributed by atoms with E-state index in [-0.39, 0.29) is 6.61 Å². The Balaban J connectivity index is 1.31. The molecule has 2 aliphatic heterocycles. The summed E-state index contributed by atoms with van der Waals surface area (Å²) in [6, 6.07) is 16.2. The molecule has 1 unspecified atom stereocenters.